The molecule has 0 bridgehead atoms. The standard InChI is InChI=1S/C20H16Cl2N4O/c1-12-24-18-17(14-4-8-16(22)9-5-14)26-27-19(18)20(25-12)23-11-10-13-2-6-15(21)7-3-13/h2-9H,10-11H2,1H3,(H,23,24,25). The van der Waals surface area contributed by atoms with Gasteiger partial charge in [-0.05, 0) is 43.2 Å². The van der Waals surface area contributed by atoms with Gasteiger partial charge in [-0.3, -0.25) is 0 Å². The van der Waals surface area contributed by atoms with Gasteiger partial charge in [0, 0.05) is 22.2 Å². The Labute approximate surface area is 166 Å². The maximum atomic E-state index is 5.97. The average molecular weight is 399 g/mol. The summed E-state index contributed by atoms with van der Waals surface area (Å²) in [7, 11) is 0. The summed E-state index contributed by atoms with van der Waals surface area (Å²) in [6.07, 6.45) is 0.833. The van der Waals surface area contributed by atoms with E-state index in [1.165, 1.54) is 5.56 Å². The smallest absolute Gasteiger partial charge is 0.228 e. The van der Waals surface area contributed by atoms with Gasteiger partial charge in [0.1, 0.15) is 17.0 Å². The molecule has 2 aromatic heterocycles. The van der Waals surface area contributed by atoms with E-state index in [0.29, 0.717) is 40.0 Å². The van der Waals surface area contributed by atoms with Crippen molar-refractivity contribution in [1.82, 2.24) is 15.1 Å². The van der Waals surface area contributed by atoms with Crippen LogP contribution in [0.15, 0.2) is 53.1 Å². The molecule has 0 spiro atoms. The lowest BCUT2D eigenvalue weighted by atomic mass is 10.1. The molecule has 2 heterocycles. The molecule has 0 aliphatic rings. The first-order valence-electron chi connectivity index (χ1n) is 8.48. The van der Waals surface area contributed by atoms with E-state index in [0.717, 1.165) is 17.0 Å². The highest BCUT2D eigenvalue weighted by Gasteiger charge is 2.17. The van der Waals surface area contributed by atoms with Crippen LogP contribution in [0.2, 0.25) is 10.0 Å². The van der Waals surface area contributed by atoms with Gasteiger partial charge in [0.05, 0.1) is 0 Å². The molecule has 4 aromatic rings. The molecule has 0 radical (unpaired) electrons. The van der Waals surface area contributed by atoms with Crippen LogP contribution in [-0.4, -0.2) is 21.7 Å². The minimum atomic E-state index is 0.543. The summed E-state index contributed by atoms with van der Waals surface area (Å²) >= 11 is 11.9. The first-order valence-corrected chi connectivity index (χ1v) is 9.24. The Balaban J connectivity index is 1.59. The van der Waals surface area contributed by atoms with Crippen molar-refractivity contribution >= 4 is 40.1 Å². The molecule has 0 aliphatic carbocycles. The number of rotatable bonds is 5. The monoisotopic (exact) mass is 398 g/mol. The van der Waals surface area contributed by atoms with E-state index in [9.17, 15) is 0 Å². The van der Waals surface area contributed by atoms with Crippen LogP contribution in [0, 0.1) is 6.92 Å². The van der Waals surface area contributed by atoms with Gasteiger partial charge in [0.15, 0.2) is 5.82 Å². The summed E-state index contributed by atoms with van der Waals surface area (Å²) in [6.45, 7) is 2.55. The molecule has 27 heavy (non-hydrogen) atoms. The maximum absolute atomic E-state index is 5.97. The molecule has 0 saturated heterocycles. The van der Waals surface area contributed by atoms with Crippen LogP contribution in [0.1, 0.15) is 11.4 Å². The van der Waals surface area contributed by atoms with Crippen molar-refractivity contribution in [2.75, 3.05) is 11.9 Å². The summed E-state index contributed by atoms with van der Waals surface area (Å²) in [5.41, 5.74) is 3.98. The molecule has 0 aliphatic heterocycles. The average Bonchev–Trinajstić information content (AvgIpc) is 3.08. The van der Waals surface area contributed by atoms with Crippen molar-refractivity contribution in [2.24, 2.45) is 0 Å². The Kier molecular flexibility index (Phi) is 4.97. The largest absolute Gasteiger partial charge is 0.366 e. The van der Waals surface area contributed by atoms with Gasteiger partial charge in [-0.1, -0.05) is 52.6 Å². The quantitative estimate of drug-likeness (QED) is 0.476. The first-order chi connectivity index (χ1) is 13.1. The normalized spacial score (nSPS) is 11.1. The predicted molar refractivity (Wildman–Crippen MR) is 108 cm³/mol. The molecule has 0 unspecified atom stereocenters. The molecule has 0 atom stereocenters. The van der Waals surface area contributed by atoms with Gasteiger partial charge in [-0.2, -0.15) is 0 Å². The second kappa shape index (κ2) is 7.55. The van der Waals surface area contributed by atoms with E-state index in [2.05, 4.69) is 20.4 Å². The van der Waals surface area contributed by atoms with Crippen LogP contribution in [0.5, 0.6) is 0 Å². The number of nitrogens with one attached hydrogen (secondary N) is 1. The summed E-state index contributed by atoms with van der Waals surface area (Å²) in [4.78, 5) is 8.99. The zero-order valence-electron chi connectivity index (χ0n) is 14.5. The molecular weight excluding hydrogens is 383 g/mol. The minimum Gasteiger partial charge on any atom is -0.366 e. The molecule has 5 nitrogen and oxygen atoms in total. The second-order valence-corrected chi connectivity index (χ2v) is 7.01. The third kappa shape index (κ3) is 3.89. The lowest BCUT2D eigenvalue weighted by Gasteiger charge is -2.07. The Morgan fingerprint density at radius 1 is 0.926 bits per heavy atom. The lowest BCUT2D eigenvalue weighted by molar-refractivity contribution is 0.459. The van der Waals surface area contributed by atoms with Crippen molar-refractivity contribution in [2.45, 2.75) is 13.3 Å². The summed E-state index contributed by atoms with van der Waals surface area (Å²) in [5.74, 6) is 1.29. The number of aryl methyl sites for hydroxylation is 1. The van der Waals surface area contributed by atoms with Gasteiger partial charge in [0.25, 0.3) is 0 Å². The molecule has 136 valence electrons. The summed E-state index contributed by atoms with van der Waals surface area (Å²) < 4.78 is 5.55. The zero-order chi connectivity index (χ0) is 18.8. The number of halogens is 2. The van der Waals surface area contributed by atoms with E-state index in [1.807, 2.05) is 55.5 Å². The van der Waals surface area contributed by atoms with E-state index in [4.69, 9.17) is 27.7 Å². The Bertz CT molecular complexity index is 1080. The maximum Gasteiger partial charge on any atom is 0.228 e. The van der Waals surface area contributed by atoms with Crippen molar-refractivity contribution in [3.05, 3.63) is 70.0 Å². The molecule has 0 fully saturated rings. The highest BCUT2D eigenvalue weighted by molar-refractivity contribution is 6.30. The molecule has 2 aromatic carbocycles. The number of anilines is 1. The molecule has 0 saturated carbocycles. The Morgan fingerprint density at radius 2 is 1.59 bits per heavy atom. The van der Waals surface area contributed by atoms with Crippen LogP contribution in [-0.2, 0) is 6.42 Å². The highest BCUT2D eigenvalue weighted by Crippen LogP contribution is 2.30. The zero-order valence-corrected chi connectivity index (χ0v) is 16.1. The number of hydrogen-bond acceptors (Lipinski definition) is 5. The Morgan fingerprint density at radius 3 is 2.30 bits per heavy atom. The minimum absolute atomic E-state index is 0.543. The third-order valence-electron chi connectivity index (χ3n) is 4.17. The number of hydrogen-bond donors (Lipinski definition) is 1. The fraction of sp³-hybridized carbons (Fsp3) is 0.150. The molecular formula is C20H16Cl2N4O. The van der Waals surface area contributed by atoms with Crippen LogP contribution in [0.4, 0.5) is 5.82 Å². The van der Waals surface area contributed by atoms with Gasteiger partial charge >= 0.3 is 0 Å². The summed E-state index contributed by atoms with van der Waals surface area (Å²) in [5, 5.41) is 8.93. The van der Waals surface area contributed by atoms with E-state index in [1.54, 1.807) is 0 Å². The van der Waals surface area contributed by atoms with Crippen LogP contribution < -0.4 is 5.32 Å². The number of fused-ring (bicyclic) bond motifs is 1. The van der Waals surface area contributed by atoms with Crippen LogP contribution >= 0.6 is 23.2 Å². The van der Waals surface area contributed by atoms with Crippen molar-refractivity contribution in [1.29, 1.82) is 0 Å². The van der Waals surface area contributed by atoms with Crippen LogP contribution in [0.25, 0.3) is 22.4 Å². The second-order valence-electron chi connectivity index (χ2n) is 6.14. The summed E-state index contributed by atoms with van der Waals surface area (Å²) in [6, 6.07) is 15.2. The molecule has 1 N–H and O–H groups in total. The van der Waals surface area contributed by atoms with E-state index >= 15 is 0 Å². The fourth-order valence-corrected chi connectivity index (χ4v) is 3.09. The van der Waals surface area contributed by atoms with Crippen molar-refractivity contribution < 1.29 is 4.52 Å². The number of aromatic nitrogens is 3. The predicted octanol–water partition coefficient (Wildman–Crippen LogP) is 5.55. The van der Waals surface area contributed by atoms with Gasteiger partial charge in [-0.15, -0.1) is 0 Å². The molecule has 0 amide bonds. The number of benzene rings is 2. The molecule has 4 rings (SSSR count). The van der Waals surface area contributed by atoms with Gasteiger partial charge < -0.3 is 9.84 Å². The van der Waals surface area contributed by atoms with E-state index in [-0.39, 0.29) is 0 Å². The SMILES string of the molecule is Cc1nc(NCCc2ccc(Cl)cc2)c2onc(-c3ccc(Cl)cc3)c2n1. The fourth-order valence-electron chi connectivity index (χ4n) is 2.84. The molecule has 7 heteroatoms. The Hall–Kier alpha value is -2.63. The van der Waals surface area contributed by atoms with Crippen molar-refractivity contribution in [3.63, 3.8) is 0 Å². The highest BCUT2D eigenvalue weighted by atomic mass is 35.5. The lowest BCUT2D eigenvalue weighted by Crippen LogP contribution is -2.07. The third-order valence-corrected chi connectivity index (χ3v) is 4.67. The van der Waals surface area contributed by atoms with E-state index < -0.39 is 0 Å². The topological polar surface area (TPSA) is 63.8 Å². The van der Waals surface area contributed by atoms with Crippen LogP contribution in [0.3, 0.4) is 0 Å². The van der Waals surface area contributed by atoms with Crippen molar-refractivity contribution in [3.8, 4) is 11.3 Å². The van der Waals surface area contributed by atoms with Gasteiger partial charge in [-0.25, -0.2) is 9.97 Å². The van der Waals surface area contributed by atoms with Gasteiger partial charge in [0.2, 0.25) is 5.58 Å². The first kappa shape index (κ1) is 17.8. The number of nitrogens with zero attached hydrogens (tertiary/aromatic N) is 3.